The number of hydrogen-bond acceptors (Lipinski definition) is 6. The van der Waals surface area contributed by atoms with Crippen LogP contribution in [0.25, 0.3) is 0 Å². The van der Waals surface area contributed by atoms with Crippen LogP contribution in [0, 0.1) is 10.1 Å². The number of nitro groups is 1. The molecule has 1 aliphatic carbocycles. The lowest BCUT2D eigenvalue weighted by Gasteiger charge is -2.30. The van der Waals surface area contributed by atoms with Crippen molar-refractivity contribution in [3.8, 4) is 0 Å². The number of ether oxygens (including phenoxy) is 2. The van der Waals surface area contributed by atoms with Crippen molar-refractivity contribution in [3.63, 3.8) is 0 Å². The van der Waals surface area contributed by atoms with Crippen LogP contribution in [0.1, 0.15) is 27.9 Å². The molecule has 3 aromatic carbocycles. The van der Waals surface area contributed by atoms with E-state index in [1.54, 1.807) is 0 Å². The summed E-state index contributed by atoms with van der Waals surface area (Å²) in [5.41, 5.74) is 2.68. The van der Waals surface area contributed by atoms with Crippen LogP contribution in [0.5, 0.6) is 0 Å². The molecular weight excluding hydrogens is 420 g/mol. The van der Waals surface area contributed by atoms with Gasteiger partial charge in [-0.2, -0.15) is 0 Å². The predicted molar refractivity (Wildman–Crippen MR) is 121 cm³/mol. The van der Waals surface area contributed by atoms with Gasteiger partial charge in [-0.1, -0.05) is 60.7 Å². The van der Waals surface area contributed by atoms with E-state index >= 15 is 0 Å². The van der Waals surface area contributed by atoms with Gasteiger partial charge < -0.3 is 9.47 Å². The molecule has 0 spiro atoms. The molecule has 33 heavy (non-hydrogen) atoms. The minimum Gasteiger partial charge on any atom is -0.456 e. The molecule has 5 rings (SSSR count). The quantitative estimate of drug-likeness (QED) is 0.222. The maximum absolute atomic E-state index is 12.6. The monoisotopic (exact) mass is 444 g/mol. The molecule has 1 saturated carbocycles. The first kappa shape index (κ1) is 21.3. The SMILES string of the molecule is O=C(O[C@H]1C[C@H](N(Cc2ccccc2)Cc2ccccc2)[C@@H]2O[C@@H]21)c1ccc([N+](=O)[O-])cc1. The second-order valence-electron chi connectivity index (χ2n) is 8.49. The minimum absolute atomic E-state index is 0.0343. The van der Waals surface area contributed by atoms with Crippen molar-refractivity contribution in [1.29, 1.82) is 0 Å². The van der Waals surface area contributed by atoms with E-state index in [0.717, 1.165) is 13.1 Å². The Balaban J connectivity index is 1.29. The number of benzene rings is 3. The van der Waals surface area contributed by atoms with Gasteiger partial charge in [0.25, 0.3) is 5.69 Å². The molecule has 3 aromatic rings. The molecule has 168 valence electrons. The van der Waals surface area contributed by atoms with Crippen LogP contribution in [0.2, 0.25) is 0 Å². The summed E-state index contributed by atoms with van der Waals surface area (Å²) in [5, 5.41) is 10.8. The van der Waals surface area contributed by atoms with E-state index < -0.39 is 10.9 Å². The third-order valence-electron chi connectivity index (χ3n) is 6.28. The maximum atomic E-state index is 12.6. The number of nitrogens with zero attached hydrogens (tertiary/aromatic N) is 2. The Kier molecular flexibility index (Phi) is 5.90. The molecule has 0 aromatic heterocycles. The van der Waals surface area contributed by atoms with E-state index in [-0.39, 0.29) is 30.0 Å². The summed E-state index contributed by atoms with van der Waals surface area (Å²) >= 11 is 0. The number of carbonyl (C=O) groups excluding carboxylic acids is 1. The third-order valence-corrected chi connectivity index (χ3v) is 6.28. The third kappa shape index (κ3) is 4.79. The number of fused-ring (bicyclic) bond motifs is 1. The van der Waals surface area contributed by atoms with Gasteiger partial charge in [0, 0.05) is 37.7 Å². The average molecular weight is 444 g/mol. The molecule has 7 nitrogen and oxygen atoms in total. The molecule has 0 radical (unpaired) electrons. The Hall–Kier alpha value is -3.55. The van der Waals surface area contributed by atoms with E-state index in [4.69, 9.17) is 9.47 Å². The average Bonchev–Trinajstić information content (AvgIpc) is 3.56. The number of rotatable bonds is 8. The summed E-state index contributed by atoms with van der Waals surface area (Å²) in [6, 6.07) is 26.2. The Labute approximate surface area is 191 Å². The largest absolute Gasteiger partial charge is 0.456 e. The van der Waals surface area contributed by atoms with Crippen molar-refractivity contribution in [1.82, 2.24) is 4.90 Å². The first-order valence-corrected chi connectivity index (χ1v) is 11.0. The summed E-state index contributed by atoms with van der Waals surface area (Å²) in [6.45, 7) is 1.55. The normalized spacial score (nSPS) is 23.2. The zero-order chi connectivity index (χ0) is 22.8. The van der Waals surface area contributed by atoms with Crippen molar-refractivity contribution in [2.45, 2.75) is 43.9 Å². The lowest BCUT2D eigenvalue weighted by molar-refractivity contribution is -0.384. The van der Waals surface area contributed by atoms with Gasteiger partial charge in [-0.05, 0) is 23.3 Å². The van der Waals surface area contributed by atoms with Gasteiger partial charge in [-0.15, -0.1) is 0 Å². The van der Waals surface area contributed by atoms with Crippen LogP contribution in [0.4, 0.5) is 5.69 Å². The fourth-order valence-corrected chi connectivity index (χ4v) is 4.57. The van der Waals surface area contributed by atoms with Crippen molar-refractivity contribution >= 4 is 11.7 Å². The smallest absolute Gasteiger partial charge is 0.338 e. The Morgan fingerprint density at radius 2 is 1.48 bits per heavy atom. The van der Waals surface area contributed by atoms with Crippen molar-refractivity contribution < 1.29 is 19.2 Å². The fraction of sp³-hybridized carbons (Fsp3) is 0.269. The van der Waals surface area contributed by atoms with Crippen molar-refractivity contribution in [3.05, 3.63) is 112 Å². The first-order valence-electron chi connectivity index (χ1n) is 11.0. The molecule has 0 unspecified atom stereocenters. The van der Waals surface area contributed by atoms with E-state index in [9.17, 15) is 14.9 Å². The van der Waals surface area contributed by atoms with Gasteiger partial charge in [-0.25, -0.2) is 4.79 Å². The van der Waals surface area contributed by atoms with E-state index in [0.29, 0.717) is 12.0 Å². The highest BCUT2D eigenvalue weighted by atomic mass is 16.6. The van der Waals surface area contributed by atoms with E-state index in [1.807, 2.05) is 36.4 Å². The molecule has 0 amide bonds. The number of epoxide rings is 1. The molecule has 7 heteroatoms. The number of esters is 1. The van der Waals surface area contributed by atoms with E-state index in [2.05, 4.69) is 29.2 Å². The zero-order valence-corrected chi connectivity index (χ0v) is 17.9. The molecule has 1 aliphatic heterocycles. The first-order chi connectivity index (χ1) is 16.1. The van der Waals surface area contributed by atoms with Crippen LogP contribution < -0.4 is 0 Å². The molecule has 0 bridgehead atoms. The molecular formula is C26H24N2O5. The maximum Gasteiger partial charge on any atom is 0.338 e. The van der Waals surface area contributed by atoms with Gasteiger partial charge in [0.2, 0.25) is 0 Å². The lowest BCUT2D eigenvalue weighted by Crippen LogP contribution is -2.37. The van der Waals surface area contributed by atoms with Crippen LogP contribution in [-0.2, 0) is 22.6 Å². The molecule has 0 N–H and O–H groups in total. The number of nitro benzene ring substituents is 1. The standard InChI is InChI=1S/C26H24N2O5/c29-26(20-11-13-21(14-12-20)28(30)31)32-23-15-22(24-25(23)33-24)27(16-18-7-3-1-4-8-18)17-19-9-5-2-6-10-19/h1-14,22-25H,15-17H2/t22-,23-,24-,25+/m0/s1. The summed E-state index contributed by atoms with van der Waals surface area (Å²) in [4.78, 5) is 25.4. The van der Waals surface area contributed by atoms with Crippen molar-refractivity contribution in [2.75, 3.05) is 0 Å². The second-order valence-corrected chi connectivity index (χ2v) is 8.49. The predicted octanol–water partition coefficient (Wildman–Crippen LogP) is 4.36. The Morgan fingerprint density at radius 1 is 0.909 bits per heavy atom. The van der Waals surface area contributed by atoms with Gasteiger partial charge in [-0.3, -0.25) is 15.0 Å². The zero-order valence-electron chi connectivity index (χ0n) is 17.9. The topological polar surface area (TPSA) is 85.2 Å². The molecule has 2 aliphatic rings. The Bertz CT molecular complexity index is 1080. The van der Waals surface area contributed by atoms with Gasteiger partial charge in [0.05, 0.1) is 10.5 Å². The molecule has 1 heterocycles. The number of carbonyl (C=O) groups is 1. The van der Waals surface area contributed by atoms with Crippen LogP contribution in [-0.4, -0.2) is 40.1 Å². The second kappa shape index (κ2) is 9.13. The Morgan fingerprint density at radius 3 is 2.03 bits per heavy atom. The summed E-state index contributed by atoms with van der Waals surface area (Å²) in [6.07, 6.45) is 0.281. The van der Waals surface area contributed by atoms with Crippen LogP contribution >= 0.6 is 0 Å². The molecule has 2 fully saturated rings. The number of hydrogen-bond donors (Lipinski definition) is 0. The molecule has 1 saturated heterocycles. The highest BCUT2D eigenvalue weighted by molar-refractivity contribution is 5.89. The van der Waals surface area contributed by atoms with Crippen LogP contribution in [0.3, 0.4) is 0 Å². The van der Waals surface area contributed by atoms with Crippen LogP contribution in [0.15, 0.2) is 84.9 Å². The highest BCUT2D eigenvalue weighted by Crippen LogP contribution is 2.44. The van der Waals surface area contributed by atoms with Gasteiger partial charge in [0.1, 0.15) is 18.3 Å². The molecule has 4 atom stereocenters. The van der Waals surface area contributed by atoms with E-state index in [1.165, 1.54) is 35.4 Å². The highest BCUT2D eigenvalue weighted by Gasteiger charge is 2.59. The van der Waals surface area contributed by atoms with Crippen molar-refractivity contribution in [2.24, 2.45) is 0 Å². The minimum atomic E-state index is -0.493. The summed E-state index contributed by atoms with van der Waals surface area (Å²) < 4.78 is 11.7. The summed E-state index contributed by atoms with van der Waals surface area (Å²) in [7, 11) is 0. The van der Waals surface area contributed by atoms with Gasteiger partial charge >= 0.3 is 5.97 Å². The number of non-ortho nitro benzene ring substituents is 1. The lowest BCUT2D eigenvalue weighted by atomic mass is 10.1. The fourth-order valence-electron chi connectivity index (χ4n) is 4.57. The van der Waals surface area contributed by atoms with Gasteiger partial charge in [0.15, 0.2) is 0 Å². The summed E-state index contributed by atoms with van der Waals surface area (Å²) in [5.74, 6) is -0.484.